The molecule has 0 radical (unpaired) electrons. The van der Waals surface area contributed by atoms with Crippen LogP contribution in [0.5, 0.6) is 0 Å². The highest BCUT2D eigenvalue weighted by atomic mass is 19.3. The van der Waals surface area contributed by atoms with Gasteiger partial charge in [0.25, 0.3) is 5.92 Å². The molecule has 5 aromatic rings. The summed E-state index contributed by atoms with van der Waals surface area (Å²) < 4.78 is 42.8. The van der Waals surface area contributed by atoms with Crippen molar-refractivity contribution in [3.8, 4) is 33.5 Å². The van der Waals surface area contributed by atoms with E-state index in [-0.39, 0.29) is 58.3 Å². The number of benzene rings is 3. The number of amides is 4. The van der Waals surface area contributed by atoms with Crippen LogP contribution in [0.2, 0.25) is 0 Å². The molecule has 4 amide bonds. The number of alkyl carbamates (subject to hydrolysis) is 2. The van der Waals surface area contributed by atoms with E-state index in [0.29, 0.717) is 51.7 Å². The van der Waals surface area contributed by atoms with Crippen LogP contribution in [0.4, 0.5) is 18.4 Å². The molecule has 3 aromatic carbocycles. The fourth-order valence-corrected chi connectivity index (χ4v) is 10.7. The van der Waals surface area contributed by atoms with Crippen LogP contribution in [-0.2, 0) is 25.0 Å². The maximum absolute atomic E-state index is 16.6. The van der Waals surface area contributed by atoms with E-state index < -0.39 is 30.2 Å². The van der Waals surface area contributed by atoms with Gasteiger partial charge >= 0.3 is 12.2 Å². The van der Waals surface area contributed by atoms with Crippen LogP contribution in [0, 0.1) is 17.3 Å². The lowest BCUT2D eigenvalue weighted by Crippen LogP contribution is -2.51. The highest BCUT2D eigenvalue weighted by Crippen LogP contribution is 2.59. The molecule has 4 heterocycles. The first-order valence-corrected chi connectivity index (χ1v) is 21.7. The summed E-state index contributed by atoms with van der Waals surface area (Å²) in [6.07, 6.45) is 5.81. The van der Waals surface area contributed by atoms with E-state index in [0.717, 1.165) is 49.6 Å². The van der Waals surface area contributed by atoms with E-state index in [1.165, 1.54) is 20.3 Å². The minimum absolute atomic E-state index is 0.0115. The van der Waals surface area contributed by atoms with Gasteiger partial charge in [-0.1, -0.05) is 44.2 Å². The van der Waals surface area contributed by atoms with Gasteiger partial charge in [-0.3, -0.25) is 9.59 Å². The summed E-state index contributed by atoms with van der Waals surface area (Å²) in [4.78, 5) is 71.8. The number of imidazole rings is 2. The normalized spacial score (nSPS) is 23.2. The van der Waals surface area contributed by atoms with E-state index in [4.69, 9.17) is 19.4 Å². The fourth-order valence-electron chi connectivity index (χ4n) is 10.7. The molecule has 14 nitrogen and oxygen atoms in total. The lowest BCUT2D eigenvalue weighted by Gasteiger charge is -2.35. The third-order valence-electron chi connectivity index (χ3n) is 14.2. The second-order valence-electron chi connectivity index (χ2n) is 18.4. The van der Waals surface area contributed by atoms with Gasteiger partial charge in [0.05, 0.1) is 43.0 Å². The first kappa shape index (κ1) is 40.7. The molecule has 328 valence electrons. The monoisotopic (exact) mass is 860 g/mol. The highest BCUT2D eigenvalue weighted by molar-refractivity contribution is 5.89. The minimum Gasteiger partial charge on any atom is -0.453 e. The lowest BCUT2D eigenvalue weighted by atomic mass is 9.97. The van der Waals surface area contributed by atoms with E-state index in [1.807, 2.05) is 43.0 Å². The van der Waals surface area contributed by atoms with Crippen LogP contribution >= 0.6 is 0 Å². The average molecular weight is 861 g/mol. The number of halogens is 2. The number of piperidine rings is 1. The van der Waals surface area contributed by atoms with Crippen LogP contribution in [0.15, 0.2) is 60.8 Å². The topological polar surface area (TPSA) is 175 Å². The molecule has 6 atom stereocenters. The summed E-state index contributed by atoms with van der Waals surface area (Å²) in [5.74, 6) is -2.40. The summed E-state index contributed by atoms with van der Waals surface area (Å²) >= 11 is 0. The molecule has 4 fully saturated rings. The Kier molecular flexibility index (Phi) is 9.64. The SMILES string of the molecule is COC(=O)N[C@@H](C)C(=O)N1[C@@H]2CC[C@@H](C2)[C@H]1c1nc2ccc(-c3ccc4c(c3)C(F)(F)c3cc(-c5c[nH]c([C@@H]6CC7(CC7)CN6C(=O)[C@@H](NC(=O)OC)C(C)C)n5)ccc3-4)cc2[nH]1. The Morgan fingerprint density at radius 1 is 0.825 bits per heavy atom. The van der Waals surface area contributed by atoms with Crippen LogP contribution in [0.25, 0.3) is 44.5 Å². The zero-order valence-electron chi connectivity index (χ0n) is 35.8. The van der Waals surface area contributed by atoms with Gasteiger partial charge in [-0.2, -0.15) is 8.78 Å². The molecular weight excluding hydrogens is 811 g/mol. The van der Waals surface area contributed by atoms with Gasteiger partial charge in [0.1, 0.15) is 23.7 Å². The zero-order valence-corrected chi connectivity index (χ0v) is 35.8. The summed E-state index contributed by atoms with van der Waals surface area (Å²) in [5.41, 5.74) is 4.56. The predicted molar refractivity (Wildman–Crippen MR) is 228 cm³/mol. The number of aromatic nitrogens is 4. The largest absolute Gasteiger partial charge is 0.453 e. The Balaban J connectivity index is 0.894. The lowest BCUT2D eigenvalue weighted by molar-refractivity contribution is -0.138. The number of aromatic amines is 2. The van der Waals surface area contributed by atoms with Crippen LogP contribution in [-0.4, -0.2) is 92.6 Å². The molecule has 2 saturated heterocycles. The molecule has 16 heteroatoms. The van der Waals surface area contributed by atoms with Crippen molar-refractivity contribution in [2.45, 2.75) is 95.4 Å². The third-order valence-corrected chi connectivity index (χ3v) is 14.2. The van der Waals surface area contributed by atoms with Crippen LogP contribution in [0.3, 0.4) is 0 Å². The molecule has 4 N–H and O–H groups in total. The van der Waals surface area contributed by atoms with E-state index in [2.05, 4.69) is 20.6 Å². The highest BCUT2D eigenvalue weighted by Gasteiger charge is 2.55. The third kappa shape index (κ3) is 6.79. The Hall–Kier alpha value is -6.32. The van der Waals surface area contributed by atoms with Gasteiger partial charge in [-0.05, 0) is 109 Å². The Labute approximate surface area is 362 Å². The van der Waals surface area contributed by atoms with E-state index >= 15 is 8.78 Å². The van der Waals surface area contributed by atoms with Gasteiger partial charge in [-0.15, -0.1) is 0 Å². The number of H-pyrrole nitrogens is 2. The first-order valence-electron chi connectivity index (χ1n) is 21.7. The molecule has 2 saturated carbocycles. The summed E-state index contributed by atoms with van der Waals surface area (Å²) in [7, 11) is 2.52. The number of nitrogens with zero attached hydrogens (tertiary/aromatic N) is 4. The van der Waals surface area contributed by atoms with E-state index in [1.54, 1.807) is 42.3 Å². The number of hydrogen-bond acceptors (Lipinski definition) is 8. The van der Waals surface area contributed by atoms with Gasteiger partial charge < -0.3 is 39.9 Å². The number of likely N-dealkylation sites (tertiary alicyclic amines) is 2. The zero-order chi connectivity index (χ0) is 44.1. The van der Waals surface area contributed by atoms with Crippen molar-refractivity contribution in [3.63, 3.8) is 0 Å². The average Bonchev–Trinajstić information content (AvgIpc) is 3.93. The molecule has 2 aromatic heterocycles. The van der Waals surface area contributed by atoms with Crippen LogP contribution in [0.1, 0.15) is 94.2 Å². The molecule has 3 aliphatic carbocycles. The van der Waals surface area contributed by atoms with Gasteiger partial charge in [0.15, 0.2) is 0 Å². The molecule has 5 aliphatic rings. The number of carbonyl (C=O) groups is 4. The smallest absolute Gasteiger partial charge is 0.407 e. The molecule has 10 rings (SSSR count). The number of alkyl halides is 2. The Bertz CT molecular complexity index is 2690. The van der Waals surface area contributed by atoms with Crippen LogP contribution < -0.4 is 10.6 Å². The molecular formula is C47H50F2N8O6. The number of carbonyl (C=O) groups excluding carboxylic acids is 4. The minimum atomic E-state index is -3.29. The van der Waals surface area contributed by atoms with Crippen molar-refractivity contribution < 1.29 is 37.4 Å². The fraction of sp³-hybridized carbons (Fsp3) is 0.447. The first-order chi connectivity index (χ1) is 30.2. The quantitative estimate of drug-likeness (QED) is 0.115. The van der Waals surface area contributed by atoms with Crippen molar-refractivity contribution in [1.82, 2.24) is 40.4 Å². The summed E-state index contributed by atoms with van der Waals surface area (Å²) in [5, 5.41) is 5.29. The van der Waals surface area contributed by atoms with Crippen molar-refractivity contribution in [2.75, 3.05) is 20.8 Å². The van der Waals surface area contributed by atoms with E-state index in [9.17, 15) is 19.2 Å². The molecule has 1 spiro atoms. The molecule has 2 aliphatic heterocycles. The molecule has 2 bridgehead atoms. The number of nitrogens with one attached hydrogen (secondary N) is 4. The second kappa shape index (κ2) is 14.9. The molecule has 0 unspecified atom stereocenters. The number of fused-ring (bicyclic) bond motifs is 6. The van der Waals surface area contributed by atoms with Gasteiger partial charge in [0, 0.05) is 35.5 Å². The van der Waals surface area contributed by atoms with Crippen molar-refractivity contribution in [3.05, 3.63) is 83.6 Å². The predicted octanol–water partition coefficient (Wildman–Crippen LogP) is 7.97. The Morgan fingerprint density at radius 2 is 1.49 bits per heavy atom. The van der Waals surface area contributed by atoms with Crippen molar-refractivity contribution in [1.29, 1.82) is 0 Å². The summed E-state index contributed by atoms with van der Waals surface area (Å²) in [6.45, 7) is 5.95. The number of hydrogen-bond donors (Lipinski definition) is 4. The van der Waals surface area contributed by atoms with Crippen molar-refractivity contribution in [2.24, 2.45) is 17.3 Å². The standard InChI is InChI=1S/C47H50F2N8O6/c1-23(2)38(55-45(61)63-5)43(59)56-22-46(14-15-46)20-37(56)40-50-21-36(54-40)27-8-12-31-30-11-7-25(17-32(30)47(48,49)33(31)18-27)26-9-13-34-35(19-26)53-41(52-34)39-28-6-10-29(16-28)57(39)42(58)24(3)51-44(60)62-4/h7-9,11-13,17-19,21,23-24,28-29,37-39H,6,10,14-16,20,22H2,1-5H3,(H,50,54)(H,51,60)(H,52,53)(H,55,61)/t24-,28-,29+,37-,38-,39-/m0/s1. The van der Waals surface area contributed by atoms with Gasteiger partial charge in [-0.25, -0.2) is 19.6 Å². The maximum Gasteiger partial charge on any atom is 0.407 e. The number of methoxy groups -OCH3 is 2. The second-order valence-corrected chi connectivity index (χ2v) is 18.4. The number of rotatable bonds is 9. The number of ether oxygens (including phenoxy) is 2. The summed E-state index contributed by atoms with van der Waals surface area (Å²) in [6, 6.07) is 13.7. The van der Waals surface area contributed by atoms with Gasteiger partial charge in [0.2, 0.25) is 11.8 Å². The van der Waals surface area contributed by atoms with Crippen molar-refractivity contribution >= 4 is 35.0 Å². The Morgan fingerprint density at radius 3 is 2.19 bits per heavy atom. The maximum atomic E-state index is 16.6. The molecule has 63 heavy (non-hydrogen) atoms.